The maximum absolute atomic E-state index is 12.8. The minimum Gasteiger partial charge on any atom is -0.381 e. The Labute approximate surface area is 123 Å². The Morgan fingerprint density at radius 1 is 1.00 bits per heavy atom. The molecule has 110 valence electrons. The van der Waals surface area contributed by atoms with Crippen molar-refractivity contribution in [3.05, 3.63) is 59.9 Å². The predicted octanol–water partition coefficient (Wildman–Crippen LogP) is 3.58. The van der Waals surface area contributed by atoms with Gasteiger partial charge in [0.15, 0.2) is 0 Å². The number of hydrogen-bond donors (Lipinski definition) is 3. The maximum Gasteiger partial charge on any atom is 0.319 e. The summed E-state index contributed by atoms with van der Waals surface area (Å²) in [6, 6.07) is 13.6. The van der Waals surface area contributed by atoms with Crippen LogP contribution in [0.3, 0.4) is 0 Å². The number of hydrogen-bond acceptors (Lipinski definition) is 2. The predicted molar refractivity (Wildman–Crippen MR) is 82.9 cm³/mol. The zero-order valence-corrected chi connectivity index (χ0v) is 11.8. The van der Waals surface area contributed by atoms with Gasteiger partial charge in [-0.1, -0.05) is 12.1 Å². The van der Waals surface area contributed by atoms with Crippen LogP contribution in [0.25, 0.3) is 0 Å². The van der Waals surface area contributed by atoms with Crippen molar-refractivity contribution >= 4 is 17.4 Å². The third kappa shape index (κ3) is 4.80. The molecule has 2 amide bonds. The van der Waals surface area contributed by atoms with E-state index in [4.69, 9.17) is 0 Å². The number of rotatable bonds is 5. The van der Waals surface area contributed by atoms with Gasteiger partial charge in [-0.2, -0.15) is 0 Å². The van der Waals surface area contributed by atoms with Crippen LogP contribution in [0.5, 0.6) is 0 Å². The zero-order chi connectivity index (χ0) is 15.1. The summed E-state index contributed by atoms with van der Waals surface area (Å²) < 4.78 is 12.8. The van der Waals surface area contributed by atoms with Crippen molar-refractivity contribution in [2.24, 2.45) is 0 Å². The van der Waals surface area contributed by atoms with E-state index in [0.29, 0.717) is 13.1 Å². The fourth-order valence-corrected chi connectivity index (χ4v) is 1.81. The number of urea groups is 1. The van der Waals surface area contributed by atoms with Crippen LogP contribution < -0.4 is 16.0 Å². The molecule has 5 heteroatoms. The number of carbonyl (C=O) groups excluding carboxylic acids is 1. The molecule has 0 heterocycles. The molecular weight excluding hydrogens is 269 g/mol. The van der Waals surface area contributed by atoms with Crippen molar-refractivity contribution in [2.75, 3.05) is 17.2 Å². The van der Waals surface area contributed by atoms with Gasteiger partial charge in [-0.3, -0.25) is 0 Å². The Morgan fingerprint density at radius 3 is 2.24 bits per heavy atom. The van der Waals surface area contributed by atoms with Gasteiger partial charge in [0.25, 0.3) is 0 Å². The highest BCUT2D eigenvalue weighted by molar-refractivity contribution is 5.89. The Kier molecular flexibility index (Phi) is 5.15. The minimum atomic E-state index is -0.237. The van der Waals surface area contributed by atoms with E-state index in [1.54, 1.807) is 12.1 Å². The summed E-state index contributed by atoms with van der Waals surface area (Å²) in [6.07, 6.45) is 0. The molecule has 0 bridgehead atoms. The van der Waals surface area contributed by atoms with Gasteiger partial charge in [0.05, 0.1) is 0 Å². The van der Waals surface area contributed by atoms with Crippen LogP contribution in [0, 0.1) is 5.82 Å². The average Bonchev–Trinajstić information content (AvgIpc) is 2.48. The first-order valence-corrected chi connectivity index (χ1v) is 6.80. The van der Waals surface area contributed by atoms with Crippen LogP contribution in [0.2, 0.25) is 0 Å². The number of benzene rings is 2. The normalized spacial score (nSPS) is 10.0. The first kappa shape index (κ1) is 14.8. The summed E-state index contributed by atoms with van der Waals surface area (Å²) >= 11 is 0. The molecule has 0 fully saturated rings. The van der Waals surface area contributed by atoms with E-state index in [-0.39, 0.29) is 11.8 Å². The van der Waals surface area contributed by atoms with Gasteiger partial charge in [0.2, 0.25) is 0 Å². The molecule has 0 radical (unpaired) electrons. The summed E-state index contributed by atoms with van der Waals surface area (Å²) in [5.74, 6) is -0.237. The summed E-state index contributed by atoms with van der Waals surface area (Å²) in [6.45, 7) is 3.06. The van der Waals surface area contributed by atoms with Gasteiger partial charge in [-0.15, -0.1) is 0 Å². The fourth-order valence-electron chi connectivity index (χ4n) is 1.81. The molecule has 0 saturated carbocycles. The van der Waals surface area contributed by atoms with Crippen molar-refractivity contribution in [2.45, 2.75) is 13.5 Å². The summed E-state index contributed by atoms with van der Waals surface area (Å²) in [5, 5.41) is 8.63. The van der Waals surface area contributed by atoms with E-state index in [2.05, 4.69) is 16.0 Å². The summed E-state index contributed by atoms with van der Waals surface area (Å²) in [7, 11) is 0. The van der Waals surface area contributed by atoms with Crippen molar-refractivity contribution in [1.82, 2.24) is 5.32 Å². The monoisotopic (exact) mass is 287 g/mol. The molecule has 0 atom stereocenters. The Balaban J connectivity index is 1.87. The molecule has 0 aliphatic rings. The molecule has 21 heavy (non-hydrogen) atoms. The Bertz CT molecular complexity index is 581. The van der Waals surface area contributed by atoms with E-state index in [9.17, 15) is 9.18 Å². The van der Waals surface area contributed by atoms with Gasteiger partial charge in [0, 0.05) is 24.5 Å². The minimum absolute atomic E-state index is 0.218. The lowest BCUT2D eigenvalue weighted by atomic mass is 10.2. The highest BCUT2D eigenvalue weighted by Gasteiger charge is 2.00. The molecule has 0 spiro atoms. The topological polar surface area (TPSA) is 53.2 Å². The molecular formula is C16H18FN3O. The highest BCUT2D eigenvalue weighted by Crippen LogP contribution is 2.14. The Hall–Kier alpha value is -2.56. The summed E-state index contributed by atoms with van der Waals surface area (Å²) in [4.78, 5) is 11.4. The second-order valence-electron chi connectivity index (χ2n) is 4.54. The number of amides is 2. The largest absolute Gasteiger partial charge is 0.381 e. The number of anilines is 2. The lowest BCUT2D eigenvalue weighted by Gasteiger charge is -2.09. The highest BCUT2D eigenvalue weighted by atomic mass is 19.1. The van der Waals surface area contributed by atoms with E-state index in [1.165, 1.54) is 12.1 Å². The van der Waals surface area contributed by atoms with E-state index < -0.39 is 0 Å². The van der Waals surface area contributed by atoms with Crippen LogP contribution in [-0.2, 0) is 6.54 Å². The van der Waals surface area contributed by atoms with Crippen LogP contribution in [0.4, 0.5) is 20.6 Å². The van der Waals surface area contributed by atoms with Crippen LogP contribution >= 0.6 is 0 Å². The van der Waals surface area contributed by atoms with Crippen molar-refractivity contribution in [3.8, 4) is 0 Å². The second kappa shape index (κ2) is 7.28. The number of nitrogens with one attached hydrogen (secondary N) is 3. The van der Waals surface area contributed by atoms with Gasteiger partial charge >= 0.3 is 6.03 Å². The van der Waals surface area contributed by atoms with E-state index >= 15 is 0 Å². The molecule has 0 aliphatic heterocycles. The van der Waals surface area contributed by atoms with Crippen LogP contribution in [0.15, 0.2) is 48.5 Å². The SMILES string of the molecule is CCNC(=O)Nc1ccc(NCc2ccc(F)cc2)cc1. The number of carbonyl (C=O) groups is 1. The van der Waals surface area contributed by atoms with Gasteiger partial charge in [-0.25, -0.2) is 9.18 Å². The van der Waals surface area contributed by atoms with Crippen LogP contribution in [0.1, 0.15) is 12.5 Å². The van der Waals surface area contributed by atoms with Gasteiger partial charge < -0.3 is 16.0 Å². The summed E-state index contributed by atoms with van der Waals surface area (Å²) in [5.41, 5.74) is 2.66. The average molecular weight is 287 g/mol. The van der Waals surface area contributed by atoms with Crippen molar-refractivity contribution in [1.29, 1.82) is 0 Å². The first-order valence-electron chi connectivity index (χ1n) is 6.80. The first-order chi connectivity index (χ1) is 10.2. The third-order valence-electron chi connectivity index (χ3n) is 2.89. The Morgan fingerprint density at radius 2 is 1.62 bits per heavy atom. The third-order valence-corrected chi connectivity index (χ3v) is 2.89. The fraction of sp³-hybridized carbons (Fsp3) is 0.188. The standard InChI is InChI=1S/C16H18FN3O/c1-2-18-16(21)20-15-9-7-14(8-10-15)19-11-12-3-5-13(17)6-4-12/h3-10,19H,2,11H2,1H3,(H2,18,20,21). The molecule has 2 aromatic carbocycles. The molecule has 2 rings (SSSR count). The number of halogens is 1. The van der Waals surface area contributed by atoms with E-state index in [0.717, 1.165) is 16.9 Å². The second-order valence-corrected chi connectivity index (χ2v) is 4.54. The molecule has 0 saturated heterocycles. The van der Waals surface area contributed by atoms with Crippen molar-refractivity contribution < 1.29 is 9.18 Å². The van der Waals surface area contributed by atoms with Gasteiger partial charge in [0.1, 0.15) is 5.82 Å². The van der Waals surface area contributed by atoms with E-state index in [1.807, 2.05) is 31.2 Å². The lowest BCUT2D eigenvalue weighted by molar-refractivity contribution is 0.252. The van der Waals surface area contributed by atoms with Crippen LogP contribution in [-0.4, -0.2) is 12.6 Å². The smallest absolute Gasteiger partial charge is 0.319 e. The zero-order valence-electron chi connectivity index (χ0n) is 11.8. The molecule has 0 unspecified atom stereocenters. The molecule has 4 nitrogen and oxygen atoms in total. The molecule has 2 aromatic rings. The molecule has 3 N–H and O–H groups in total. The quantitative estimate of drug-likeness (QED) is 0.787. The lowest BCUT2D eigenvalue weighted by Crippen LogP contribution is -2.28. The maximum atomic E-state index is 12.8. The molecule has 0 aliphatic carbocycles. The van der Waals surface area contributed by atoms with Gasteiger partial charge in [-0.05, 0) is 48.9 Å². The van der Waals surface area contributed by atoms with Crippen molar-refractivity contribution in [3.63, 3.8) is 0 Å². The molecule has 0 aromatic heterocycles.